The zero-order valence-corrected chi connectivity index (χ0v) is 52.3. The van der Waals surface area contributed by atoms with Crippen LogP contribution >= 0.6 is 0 Å². The second-order valence-corrected chi connectivity index (χ2v) is 22.0. The van der Waals surface area contributed by atoms with Crippen LogP contribution in [0.4, 0.5) is 0 Å². The highest BCUT2D eigenvalue weighted by atomic mass is 16.6. The minimum atomic E-state index is -0.779. The molecule has 0 amide bonds. The van der Waals surface area contributed by atoms with Crippen LogP contribution in [0.2, 0.25) is 0 Å². The van der Waals surface area contributed by atoms with Crippen LogP contribution in [0.5, 0.6) is 0 Å². The number of unbranched alkanes of at least 4 members (excludes halogenated alkanes) is 29. The van der Waals surface area contributed by atoms with E-state index in [-0.39, 0.29) is 31.1 Å². The monoisotopic (exact) mass is 1110 g/mol. The molecule has 0 saturated carbocycles. The second-order valence-electron chi connectivity index (χ2n) is 22.0. The summed E-state index contributed by atoms with van der Waals surface area (Å²) in [5, 5.41) is 0. The zero-order chi connectivity index (χ0) is 57.8. The van der Waals surface area contributed by atoms with Crippen molar-refractivity contribution in [2.75, 3.05) is 13.2 Å². The lowest BCUT2D eigenvalue weighted by atomic mass is 10.0. The molecule has 0 aliphatic heterocycles. The summed E-state index contributed by atoms with van der Waals surface area (Å²) in [7, 11) is 0. The van der Waals surface area contributed by atoms with Gasteiger partial charge in [-0.3, -0.25) is 14.4 Å². The van der Waals surface area contributed by atoms with E-state index < -0.39 is 6.10 Å². The van der Waals surface area contributed by atoms with Crippen molar-refractivity contribution in [2.45, 2.75) is 316 Å². The van der Waals surface area contributed by atoms with Gasteiger partial charge in [0.2, 0.25) is 0 Å². The van der Waals surface area contributed by atoms with E-state index in [0.29, 0.717) is 19.3 Å². The molecule has 1 unspecified atom stereocenters. The minimum Gasteiger partial charge on any atom is -0.462 e. The van der Waals surface area contributed by atoms with E-state index in [1.165, 1.54) is 148 Å². The van der Waals surface area contributed by atoms with Crippen LogP contribution in [0.1, 0.15) is 310 Å². The van der Waals surface area contributed by atoms with Crippen molar-refractivity contribution in [2.24, 2.45) is 0 Å². The van der Waals surface area contributed by atoms with Crippen LogP contribution in [0.3, 0.4) is 0 Å². The van der Waals surface area contributed by atoms with Crippen LogP contribution in [-0.2, 0) is 28.6 Å². The van der Waals surface area contributed by atoms with Crippen LogP contribution in [0.25, 0.3) is 0 Å². The average Bonchev–Trinajstić information content (AvgIpc) is 3.46. The Bertz CT molecular complexity index is 1650. The Morgan fingerprint density at radius 2 is 0.487 bits per heavy atom. The molecule has 0 aliphatic rings. The molecular weight excluding hydrogens is 985 g/mol. The largest absolute Gasteiger partial charge is 0.462 e. The van der Waals surface area contributed by atoms with E-state index in [4.69, 9.17) is 14.2 Å². The minimum absolute atomic E-state index is 0.0789. The smallest absolute Gasteiger partial charge is 0.306 e. The van der Waals surface area contributed by atoms with Crippen LogP contribution < -0.4 is 0 Å². The van der Waals surface area contributed by atoms with Crippen molar-refractivity contribution >= 4 is 17.9 Å². The molecule has 0 radical (unpaired) electrons. The summed E-state index contributed by atoms with van der Waals surface area (Å²) >= 11 is 0. The summed E-state index contributed by atoms with van der Waals surface area (Å²) in [6.45, 7) is 6.37. The number of carbonyl (C=O) groups excluding carboxylic acids is 3. The number of hydrogen-bond acceptors (Lipinski definition) is 6. The summed E-state index contributed by atoms with van der Waals surface area (Å²) in [4.78, 5) is 38.1. The quantitative estimate of drug-likeness (QED) is 0.0261. The fourth-order valence-electron chi connectivity index (χ4n) is 9.26. The number of rotatable bonds is 60. The maximum absolute atomic E-state index is 12.9. The molecule has 0 aromatic carbocycles. The van der Waals surface area contributed by atoms with Crippen LogP contribution in [0.15, 0.2) is 122 Å². The van der Waals surface area contributed by atoms with Crippen molar-refractivity contribution < 1.29 is 28.6 Å². The summed E-state index contributed by atoms with van der Waals surface area (Å²) < 4.78 is 16.8. The lowest BCUT2D eigenvalue weighted by Gasteiger charge is -2.18. The summed E-state index contributed by atoms with van der Waals surface area (Å²) in [6.07, 6.45) is 94.0. The van der Waals surface area contributed by atoms with Crippen LogP contribution in [-0.4, -0.2) is 37.2 Å². The molecule has 0 N–H and O–H groups in total. The Hall–Kier alpha value is -4.19. The zero-order valence-electron chi connectivity index (χ0n) is 52.3. The van der Waals surface area contributed by atoms with Gasteiger partial charge in [0.15, 0.2) is 6.10 Å². The number of esters is 3. The molecule has 80 heavy (non-hydrogen) atoms. The van der Waals surface area contributed by atoms with Crippen molar-refractivity contribution in [3.8, 4) is 0 Å². The molecular formula is C74H124O6. The molecule has 456 valence electrons. The third kappa shape index (κ3) is 64.6. The molecule has 0 rings (SSSR count). The van der Waals surface area contributed by atoms with E-state index in [1.807, 2.05) is 0 Å². The maximum Gasteiger partial charge on any atom is 0.306 e. The Kier molecular flexibility index (Phi) is 63.8. The number of carbonyl (C=O) groups is 3. The van der Waals surface area contributed by atoms with Gasteiger partial charge in [-0.25, -0.2) is 0 Å². The Balaban J connectivity index is 4.05. The lowest BCUT2D eigenvalue weighted by Crippen LogP contribution is -2.30. The molecule has 1 atom stereocenters. The number of hydrogen-bond donors (Lipinski definition) is 0. The normalized spacial score (nSPS) is 12.9. The van der Waals surface area contributed by atoms with Crippen molar-refractivity contribution in [1.29, 1.82) is 0 Å². The predicted molar refractivity (Wildman–Crippen MR) is 348 cm³/mol. The third-order valence-corrected chi connectivity index (χ3v) is 14.2. The molecule has 0 aromatic rings. The molecule has 0 bridgehead atoms. The first-order chi connectivity index (χ1) is 39.5. The predicted octanol–water partition coefficient (Wildman–Crippen LogP) is 23.2. The van der Waals surface area contributed by atoms with Gasteiger partial charge in [0.1, 0.15) is 13.2 Å². The fourth-order valence-corrected chi connectivity index (χ4v) is 9.26. The molecule has 0 fully saturated rings. The van der Waals surface area contributed by atoms with E-state index in [9.17, 15) is 14.4 Å². The number of allylic oxidation sites excluding steroid dienone is 20. The highest BCUT2D eigenvalue weighted by molar-refractivity contribution is 5.71. The highest BCUT2D eigenvalue weighted by Crippen LogP contribution is 2.17. The summed E-state index contributed by atoms with van der Waals surface area (Å²) in [5.74, 6) is -0.886. The van der Waals surface area contributed by atoms with Gasteiger partial charge in [-0.1, -0.05) is 303 Å². The lowest BCUT2D eigenvalue weighted by molar-refractivity contribution is -0.167. The average molecular weight is 1110 g/mol. The molecule has 0 aliphatic carbocycles. The van der Waals surface area contributed by atoms with Crippen molar-refractivity contribution in [3.63, 3.8) is 0 Å². The van der Waals surface area contributed by atoms with Crippen LogP contribution in [0, 0.1) is 0 Å². The van der Waals surface area contributed by atoms with Gasteiger partial charge in [-0.2, -0.15) is 0 Å². The van der Waals surface area contributed by atoms with Gasteiger partial charge in [-0.05, 0) is 109 Å². The third-order valence-electron chi connectivity index (χ3n) is 14.2. The Morgan fingerprint density at radius 1 is 0.263 bits per heavy atom. The fraction of sp³-hybridized carbons (Fsp3) is 0.689. The molecule has 0 saturated heterocycles. The Labute approximate surface area is 494 Å². The van der Waals surface area contributed by atoms with E-state index in [0.717, 1.165) is 122 Å². The SMILES string of the molecule is CC/C=C\C/C=C\C/C=C\C/C=C\C/C=C\C/C=C\CCCCCCCCCCCCCCCCC(=O)OCC(COC(=O)CCCCCCCC)OC(=O)CCCCCCCCCCCC/C=C\C/C=C\C/C=C\C/C=C\CC. The molecule has 6 nitrogen and oxygen atoms in total. The van der Waals surface area contributed by atoms with Gasteiger partial charge in [-0.15, -0.1) is 0 Å². The summed E-state index contributed by atoms with van der Waals surface area (Å²) in [6, 6.07) is 0. The molecule has 0 spiro atoms. The number of ether oxygens (including phenoxy) is 3. The van der Waals surface area contributed by atoms with Gasteiger partial charge in [0, 0.05) is 19.3 Å². The van der Waals surface area contributed by atoms with Gasteiger partial charge in [0.25, 0.3) is 0 Å². The summed E-state index contributed by atoms with van der Waals surface area (Å²) in [5.41, 5.74) is 0. The Morgan fingerprint density at radius 3 is 0.762 bits per heavy atom. The molecule has 0 aromatic heterocycles. The van der Waals surface area contributed by atoms with Gasteiger partial charge < -0.3 is 14.2 Å². The first-order valence-electron chi connectivity index (χ1n) is 33.5. The maximum atomic E-state index is 12.9. The molecule has 0 heterocycles. The van der Waals surface area contributed by atoms with Crippen molar-refractivity contribution in [3.05, 3.63) is 122 Å². The van der Waals surface area contributed by atoms with Gasteiger partial charge in [0.05, 0.1) is 0 Å². The molecule has 6 heteroatoms. The highest BCUT2D eigenvalue weighted by Gasteiger charge is 2.19. The first-order valence-corrected chi connectivity index (χ1v) is 33.5. The standard InChI is InChI=1S/C74H124O6/c1-4-7-10-13-16-18-20-22-24-26-28-30-32-33-34-35-36-37-38-39-40-41-43-44-46-48-50-52-54-56-58-61-64-67-73(76)79-70-71(69-78-72(75)66-63-60-15-12-9-6-3)80-74(77)68-65-62-59-57-55-53-51-49-47-45-42-31-29-27-25-23-21-19-17-14-11-8-5-2/h7-8,10-11,16-19,22-25,28-31,33-34,36-37,71H,4-6,9,12-15,20-21,26-27,32,35,38-70H2,1-3H3/b10-7-,11-8-,18-16-,19-17-,24-22-,25-23-,30-28-,31-29-,34-33-,37-36-. The topological polar surface area (TPSA) is 78.9 Å². The second kappa shape index (κ2) is 67.3. The van der Waals surface area contributed by atoms with E-state index >= 15 is 0 Å². The van der Waals surface area contributed by atoms with Crippen molar-refractivity contribution in [1.82, 2.24) is 0 Å². The van der Waals surface area contributed by atoms with E-state index in [1.54, 1.807) is 0 Å². The first kappa shape index (κ1) is 75.8. The van der Waals surface area contributed by atoms with E-state index in [2.05, 4.69) is 142 Å². The van der Waals surface area contributed by atoms with Gasteiger partial charge >= 0.3 is 17.9 Å².